The van der Waals surface area contributed by atoms with Crippen LogP contribution >= 0.6 is 0 Å². The molecule has 0 amide bonds. The van der Waals surface area contributed by atoms with Gasteiger partial charge in [0.1, 0.15) is 5.82 Å². The van der Waals surface area contributed by atoms with Crippen LogP contribution in [-0.2, 0) is 0 Å². The van der Waals surface area contributed by atoms with Gasteiger partial charge in [-0.15, -0.1) is 0 Å². The second kappa shape index (κ2) is 6.56. The second-order valence-electron chi connectivity index (χ2n) is 5.31. The van der Waals surface area contributed by atoms with Crippen molar-refractivity contribution in [2.75, 3.05) is 0 Å². The van der Waals surface area contributed by atoms with Crippen LogP contribution in [0.5, 0.6) is 5.75 Å². The Labute approximate surface area is 132 Å². The summed E-state index contributed by atoms with van der Waals surface area (Å²) in [6.07, 6.45) is -0.976. The van der Waals surface area contributed by atoms with Crippen molar-refractivity contribution in [3.63, 3.8) is 0 Å². The molecule has 6 heteroatoms. The smallest absolute Gasteiger partial charge is 0.311 e. The number of nitro benzene ring substituents is 1. The molecule has 1 atom stereocenters. The molecule has 0 N–H and O–H groups in total. The van der Waals surface area contributed by atoms with Gasteiger partial charge in [0, 0.05) is 17.7 Å². The van der Waals surface area contributed by atoms with Crippen LogP contribution in [0.2, 0.25) is 0 Å². The Morgan fingerprint density at radius 1 is 1.22 bits per heavy atom. The van der Waals surface area contributed by atoms with Gasteiger partial charge in [0.15, 0.2) is 6.10 Å². The van der Waals surface area contributed by atoms with Crippen LogP contribution in [0.25, 0.3) is 0 Å². The summed E-state index contributed by atoms with van der Waals surface area (Å²) in [7, 11) is 0. The highest BCUT2D eigenvalue weighted by molar-refractivity contribution is 6.00. The third-order valence-electron chi connectivity index (χ3n) is 3.45. The molecule has 0 radical (unpaired) electrons. The fourth-order valence-corrected chi connectivity index (χ4v) is 2.20. The van der Waals surface area contributed by atoms with E-state index in [0.29, 0.717) is 5.56 Å². The van der Waals surface area contributed by atoms with E-state index < -0.39 is 16.8 Å². The normalized spacial score (nSPS) is 11.8. The van der Waals surface area contributed by atoms with E-state index in [1.165, 1.54) is 6.92 Å². The highest BCUT2D eigenvalue weighted by atomic mass is 19.1. The number of benzene rings is 2. The summed E-state index contributed by atoms with van der Waals surface area (Å²) in [5.41, 5.74) is 1.80. The molecule has 0 aliphatic rings. The molecule has 0 saturated heterocycles. The Kier molecular flexibility index (Phi) is 4.74. The van der Waals surface area contributed by atoms with Crippen molar-refractivity contribution < 1.29 is 18.8 Å². The molecule has 0 aliphatic heterocycles. The van der Waals surface area contributed by atoms with Gasteiger partial charge >= 0.3 is 5.69 Å². The Hall–Kier alpha value is -2.76. The summed E-state index contributed by atoms with van der Waals surface area (Å²) in [5.74, 6) is -1.25. The van der Waals surface area contributed by atoms with Gasteiger partial charge in [-0.3, -0.25) is 14.9 Å². The zero-order chi connectivity index (χ0) is 17.1. The molecule has 120 valence electrons. The van der Waals surface area contributed by atoms with Crippen LogP contribution in [0.1, 0.15) is 28.4 Å². The van der Waals surface area contributed by atoms with Gasteiger partial charge in [0.2, 0.25) is 11.5 Å². The van der Waals surface area contributed by atoms with Gasteiger partial charge < -0.3 is 4.74 Å². The van der Waals surface area contributed by atoms with E-state index in [0.717, 1.165) is 29.3 Å². The standard InChI is InChI=1S/C17H16FNO4/c1-10-4-5-11(2)14(8-10)17(20)12(3)23-16-9-13(18)6-7-15(16)19(21)22/h4-9,12H,1-3H3. The topological polar surface area (TPSA) is 69.4 Å². The first-order valence-corrected chi connectivity index (χ1v) is 7.01. The van der Waals surface area contributed by atoms with Crippen molar-refractivity contribution in [1.29, 1.82) is 0 Å². The third-order valence-corrected chi connectivity index (χ3v) is 3.45. The maximum Gasteiger partial charge on any atom is 0.311 e. The number of hydrogen-bond acceptors (Lipinski definition) is 4. The molecule has 0 saturated carbocycles. The average molecular weight is 317 g/mol. The Balaban J connectivity index is 2.30. The summed E-state index contributed by atoms with van der Waals surface area (Å²) in [5, 5.41) is 11.0. The van der Waals surface area contributed by atoms with Crippen molar-refractivity contribution >= 4 is 11.5 Å². The minimum atomic E-state index is -0.976. The summed E-state index contributed by atoms with van der Waals surface area (Å²) < 4.78 is 18.7. The zero-order valence-electron chi connectivity index (χ0n) is 13.0. The van der Waals surface area contributed by atoms with E-state index in [4.69, 9.17) is 4.74 Å². The van der Waals surface area contributed by atoms with Gasteiger partial charge in [0.25, 0.3) is 0 Å². The first-order chi connectivity index (χ1) is 10.8. The molecular weight excluding hydrogens is 301 g/mol. The van der Waals surface area contributed by atoms with Crippen molar-refractivity contribution in [1.82, 2.24) is 0 Å². The monoisotopic (exact) mass is 317 g/mol. The fraction of sp³-hybridized carbons (Fsp3) is 0.235. The number of carbonyl (C=O) groups is 1. The number of nitrogens with zero attached hydrogens (tertiary/aromatic N) is 1. The molecule has 0 aromatic heterocycles. The molecule has 2 aromatic carbocycles. The first kappa shape index (κ1) is 16.6. The molecule has 0 heterocycles. The number of aryl methyl sites for hydroxylation is 2. The minimum absolute atomic E-state index is 0.263. The van der Waals surface area contributed by atoms with Crippen LogP contribution in [-0.4, -0.2) is 16.8 Å². The lowest BCUT2D eigenvalue weighted by Gasteiger charge is -2.15. The largest absolute Gasteiger partial charge is 0.475 e. The SMILES string of the molecule is Cc1ccc(C)c(C(=O)C(C)Oc2cc(F)ccc2[N+](=O)[O-])c1. The summed E-state index contributed by atoms with van der Waals surface area (Å²) in [4.78, 5) is 22.8. The third kappa shape index (κ3) is 3.71. The highest BCUT2D eigenvalue weighted by Crippen LogP contribution is 2.29. The Bertz CT molecular complexity index is 773. The highest BCUT2D eigenvalue weighted by Gasteiger charge is 2.23. The molecule has 0 bridgehead atoms. The Morgan fingerprint density at radius 2 is 1.91 bits per heavy atom. The lowest BCUT2D eigenvalue weighted by atomic mass is 9.99. The van der Waals surface area contributed by atoms with E-state index >= 15 is 0 Å². The molecule has 0 fully saturated rings. The quantitative estimate of drug-likeness (QED) is 0.475. The number of hydrogen-bond donors (Lipinski definition) is 0. The van der Waals surface area contributed by atoms with Crippen LogP contribution in [0, 0.1) is 29.8 Å². The molecule has 1 unspecified atom stereocenters. The number of ketones is 1. The summed E-state index contributed by atoms with van der Waals surface area (Å²) >= 11 is 0. The lowest BCUT2D eigenvalue weighted by molar-refractivity contribution is -0.386. The minimum Gasteiger partial charge on any atom is -0.475 e. The number of ether oxygens (including phenoxy) is 1. The van der Waals surface area contributed by atoms with Gasteiger partial charge in [0.05, 0.1) is 4.92 Å². The summed E-state index contributed by atoms with van der Waals surface area (Å²) in [6.45, 7) is 5.14. The predicted molar refractivity (Wildman–Crippen MR) is 83.4 cm³/mol. The van der Waals surface area contributed by atoms with Crippen LogP contribution < -0.4 is 4.74 Å². The van der Waals surface area contributed by atoms with E-state index in [1.807, 2.05) is 19.1 Å². The van der Waals surface area contributed by atoms with Gasteiger partial charge in [-0.25, -0.2) is 4.39 Å². The number of Topliss-reactive ketones (excluding diaryl/α,β-unsaturated/α-hetero) is 1. The number of halogens is 1. The molecule has 0 spiro atoms. The van der Waals surface area contributed by atoms with Gasteiger partial charge in [-0.05, 0) is 38.5 Å². The van der Waals surface area contributed by atoms with Crippen molar-refractivity contribution in [3.05, 3.63) is 69.0 Å². The van der Waals surface area contributed by atoms with Crippen LogP contribution in [0.3, 0.4) is 0 Å². The molecule has 23 heavy (non-hydrogen) atoms. The van der Waals surface area contributed by atoms with Crippen molar-refractivity contribution in [2.45, 2.75) is 26.9 Å². The van der Waals surface area contributed by atoms with Crippen LogP contribution in [0.15, 0.2) is 36.4 Å². The fourth-order valence-electron chi connectivity index (χ4n) is 2.20. The van der Waals surface area contributed by atoms with Crippen LogP contribution in [0.4, 0.5) is 10.1 Å². The number of nitro groups is 1. The molecule has 0 aliphatic carbocycles. The lowest BCUT2D eigenvalue weighted by Crippen LogP contribution is -2.25. The van der Waals surface area contributed by atoms with Crippen molar-refractivity contribution in [3.8, 4) is 5.75 Å². The maximum atomic E-state index is 13.3. The van der Waals surface area contributed by atoms with E-state index in [9.17, 15) is 19.3 Å². The second-order valence-corrected chi connectivity index (χ2v) is 5.31. The Morgan fingerprint density at radius 3 is 2.57 bits per heavy atom. The first-order valence-electron chi connectivity index (χ1n) is 7.01. The zero-order valence-corrected chi connectivity index (χ0v) is 13.0. The van der Waals surface area contributed by atoms with E-state index in [2.05, 4.69) is 0 Å². The molecule has 2 rings (SSSR count). The van der Waals surface area contributed by atoms with Crippen molar-refractivity contribution in [2.24, 2.45) is 0 Å². The number of rotatable bonds is 5. The molecule has 5 nitrogen and oxygen atoms in total. The number of carbonyl (C=O) groups excluding carboxylic acids is 1. The summed E-state index contributed by atoms with van der Waals surface area (Å²) in [6, 6.07) is 8.33. The van der Waals surface area contributed by atoms with Gasteiger partial charge in [-0.1, -0.05) is 17.7 Å². The molecule has 2 aromatic rings. The van der Waals surface area contributed by atoms with E-state index in [1.54, 1.807) is 13.0 Å². The van der Waals surface area contributed by atoms with E-state index in [-0.39, 0.29) is 17.2 Å². The molecular formula is C17H16FNO4. The average Bonchev–Trinajstić information content (AvgIpc) is 2.48. The predicted octanol–water partition coefficient (Wildman–Crippen LogP) is 4.00. The van der Waals surface area contributed by atoms with Gasteiger partial charge in [-0.2, -0.15) is 0 Å². The maximum absolute atomic E-state index is 13.3.